The molecule has 1 aromatic rings. The van der Waals surface area contributed by atoms with Gasteiger partial charge < -0.3 is 4.74 Å². The van der Waals surface area contributed by atoms with Gasteiger partial charge in [0.15, 0.2) is 5.78 Å². The Morgan fingerprint density at radius 2 is 2.07 bits per heavy atom. The molecule has 0 saturated carbocycles. The third-order valence-corrected chi connectivity index (χ3v) is 1.96. The van der Waals surface area contributed by atoms with Crippen LogP contribution in [0.2, 0.25) is 0 Å². The first-order valence-electron chi connectivity index (χ1n) is 5.22. The monoisotopic (exact) mass is 204 g/mol. The van der Waals surface area contributed by atoms with Crippen LogP contribution in [0.5, 0.6) is 5.75 Å². The topological polar surface area (TPSA) is 26.3 Å². The van der Waals surface area contributed by atoms with Gasteiger partial charge in [-0.1, -0.05) is 25.1 Å². The third-order valence-electron chi connectivity index (χ3n) is 1.96. The molecule has 1 aromatic carbocycles. The Labute approximate surface area is 90.6 Å². The molecule has 0 aliphatic rings. The lowest BCUT2D eigenvalue weighted by Crippen LogP contribution is -2.01. The van der Waals surface area contributed by atoms with E-state index in [0.29, 0.717) is 17.9 Å². The first kappa shape index (κ1) is 11.5. The van der Waals surface area contributed by atoms with E-state index < -0.39 is 0 Å². The van der Waals surface area contributed by atoms with E-state index in [4.69, 9.17) is 4.74 Å². The summed E-state index contributed by atoms with van der Waals surface area (Å²) < 4.78 is 5.38. The molecule has 0 N–H and O–H groups in total. The first-order chi connectivity index (χ1) is 7.29. The number of ether oxygens (including phenoxy) is 1. The van der Waals surface area contributed by atoms with Crippen LogP contribution in [-0.2, 0) is 0 Å². The summed E-state index contributed by atoms with van der Waals surface area (Å²) in [6.45, 7) is 4.48. The van der Waals surface area contributed by atoms with Crippen LogP contribution >= 0.6 is 0 Å². The Kier molecular flexibility index (Phi) is 4.61. The summed E-state index contributed by atoms with van der Waals surface area (Å²) in [6, 6.07) is 7.31. The van der Waals surface area contributed by atoms with Gasteiger partial charge in [0.2, 0.25) is 0 Å². The van der Waals surface area contributed by atoms with Crippen LogP contribution < -0.4 is 4.74 Å². The number of allylic oxidation sites excluding steroid dienone is 2. The highest BCUT2D eigenvalue weighted by atomic mass is 16.5. The fourth-order valence-corrected chi connectivity index (χ4v) is 1.27. The van der Waals surface area contributed by atoms with Crippen molar-refractivity contribution in [2.75, 3.05) is 6.61 Å². The van der Waals surface area contributed by atoms with Crippen LogP contribution in [0.3, 0.4) is 0 Å². The van der Waals surface area contributed by atoms with Gasteiger partial charge in [-0.3, -0.25) is 4.79 Å². The summed E-state index contributed by atoms with van der Waals surface area (Å²) in [5.41, 5.74) is 0.629. The molecule has 0 saturated heterocycles. The Hall–Kier alpha value is -1.57. The van der Waals surface area contributed by atoms with Crippen molar-refractivity contribution in [1.29, 1.82) is 0 Å². The maximum Gasteiger partial charge on any atom is 0.189 e. The largest absolute Gasteiger partial charge is 0.493 e. The SMILES string of the molecule is CC/C=C/C(=O)c1ccccc1OCC. The highest BCUT2D eigenvalue weighted by molar-refractivity contribution is 6.06. The highest BCUT2D eigenvalue weighted by Gasteiger charge is 2.07. The molecule has 0 atom stereocenters. The van der Waals surface area contributed by atoms with Crippen LogP contribution in [0.1, 0.15) is 30.6 Å². The van der Waals surface area contributed by atoms with E-state index in [2.05, 4.69) is 0 Å². The van der Waals surface area contributed by atoms with Gasteiger partial charge in [-0.2, -0.15) is 0 Å². The van der Waals surface area contributed by atoms with E-state index in [0.717, 1.165) is 6.42 Å². The minimum Gasteiger partial charge on any atom is -0.493 e. The lowest BCUT2D eigenvalue weighted by atomic mass is 10.1. The lowest BCUT2D eigenvalue weighted by Gasteiger charge is -2.06. The number of para-hydroxylation sites is 1. The van der Waals surface area contributed by atoms with Crippen molar-refractivity contribution in [2.45, 2.75) is 20.3 Å². The number of ketones is 1. The van der Waals surface area contributed by atoms with Gasteiger partial charge in [0.25, 0.3) is 0 Å². The van der Waals surface area contributed by atoms with E-state index in [1.54, 1.807) is 12.1 Å². The van der Waals surface area contributed by atoms with Crippen molar-refractivity contribution in [3.8, 4) is 5.75 Å². The molecule has 1 rings (SSSR count). The van der Waals surface area contributed by atoms with E-state index in [9.17, 15) is 4.79 Å². The smallest absolute Gasteiger partial charge is 0.189 e. The molecule has 0 unspecified atom stereocenters. The zero-order valence-electron chi connectivity index (χ0n) is 9.19. The molecule has 0 aromatic heterocycles. The standard InChI is InChI=1S/C13H16O2/c1-3-5-9-12(14)11-8-6-7-10-13(11)15-4-2/h5-10H,3-4H2,1-2H3/b9-5+. The summed E-state index contributed by atoms with van der Waals surface area (Å²) in [6.07, 6.45) is 4.31. The van der Waals surface area contributed by atoms with Crippen LogP contribution in [0.4, 0.5) is 0 Å². The van der Waals surface area contributed by atoms with Gasteiger partial charge in [0.1, 0.15) is 5.75 Å². The molecule has 0 aliphatic heterocycles. The second-order valence-corrected chi connectivity index (χ2v) is 3.10. The second-order valence-electron chi connectivity index (χ2n) is 3.10. The van der Waals surface area contributed by atoms with E-state index in [-0.39, 0.29) is 5.78 Å². The van der Waals surface area contributed by atoms with Crippen molar-refractivity contribution in [3.63, 3.8) is 0 Å². The highest BCUT2D eigenvalue weighted by Crippen LogP contribution is 2.18. The molecule has 80 valence electrons. The number of benzene rings is 1. The first-order valence-corrected chi connectivity index (χ1v) is 5.22. The quantitative estimate of drug-likeness (QED) is 0.543. The fraction of sp³-hybridized carbons (Fsp3) is 0.308. The van der Waals surface area contributed by atoms with Crippen molar-refractivity contribution in [2.24, 2.45) is 0 Å². The molecule has 0 heterocycles. The minimum atomic E-state index is 0.000833. The molecular weight excluding hydrogens is 188 g/mol. The number of carbonyl (C=O) groups excluding carboxylic acids is 1. The van der Waals surface area contributed by atoms with Crippen LogP contribution in [0.25, 0.3) is 0 Å². The summed E-state index contributed by atoms with van der Waals surface area (Å²) in [5.74, 6) is 0.659. The third kappa shape index (κ3) is 3.24. The average molecular weight is 204 g/mol. The fourth-order valence-electron chi connectivity index (χ4n) is 1.27. The Morgan fingerprint density at radius 3 is 2.73 bits per heavy atom. The van der Waals surface area contributed by atoms with Crippen molar-refractivity contribution >= 4 is 5.78 Å². The predicted molar refractivity (Wildman–Crippen MR) is 61.4 cm³/mol. The summed E-state index contributed by atoms with van der Waals surface area (Å²) in [5, 5.41) is 0. The van der Waals surface area contributed by atoms with Crippen LogP contribution in [-0.4, -0.2) is 12.4 Å². The number of rotatable bonds is 5. The van der Waals surface area contributed by atoms with E-state index in [1.807, 2.05) is 38.1 Å². The molecule has 0 amide bonds. The normalized spacial score (nSPS) is 10.5. The summed E-state index contributed by atoms with van der Waals surface area (Å²) in [4.78, 5) is 11.7. The van der Waals surface area contributed by atoms with Gasteiger partial charge in [0, 0.05) is 0 Å². The number of carbonyl (C=O) groups is 1. The molecule has 15 heavy (non-hydrogen) atoms. The van der Waals surface area contributed by atoms with Crippen LogP contribution in [0, 0.1) is 0 Å². The Morgan fingerprint density at radius 1 is 1.33 bits per heavy atom. The van der Waals surface area contributed by atoms with Gasteiger partial charge in [0.05, 0.1) is 12.2 Å². The number of hydrogen-bond acceptors (Lipinski definition) is 2. The van der Waals surface area contributed by atoms with Gasteiger partial charge in [-0.15, -0.1) is 0 Å². The molecule has 2 heteroatoms. The Balaban J connectivity index is 2.91. The van der Waals surface area contributed by atoms with E-state index in [1.165, 1.54) is 0 Å². The Bertz CT molecular complexity index is 353. The zero-order chi connectivity index (χ0) is 11.1. The molecule has 0 spiro atoms. The van der Waals surface area contributed by atoms with Crippen molar-refractivity contribution < 1.29 is 9.53 Å². The van der Waals surface area contributed by atoms with Gasteiger partial charge >= 0.3 is 0 Å². The lowest BCUT2D eigenvalue weighted by molar-refractivity contribution is 0.104. The molecular formula is C13H16O2. The summed E-state index contributed by atoms with van der Waals surface area (Å²) in [7, 11) is 0. The van der Waals surface area contributed by atoms with Crippen molar-refractivity contribution in [3.05, 3.63) is 42.0 Å². The molecule has 0 radical (unpaired) electrons. The van der Waals surface area contributed by atoms with E-state index >= 15 is 0 Å². The predicted octanol–water partition coefficient (Wildman–Crippen LogP) is 3.23. The van der Waals surface area contributed by atoms with Gasteiger partial charge in [-0.05, 0) is 31.6 Å². The maximum atomic E-state index is 11.7. The molecule has 0 bridgehead atoms. The average Bonchev–Trinajstić information content (AvgIpc) is 2.27. The minimum absolute atomic E-state index is 0.000833. The summed E-state index contributed by atoms with van der Waals surface area (Å²) >= 11 is 0. The zero-order valence-corrected chi connectivity index (χ0v) is 9.19. The van der Waals surface area contributed by atoms with Crippen LogP contribution in [0.15, 0.2) is 36.4 Å². The molecule has 0 fully saturated rings. The van der Waals surface area contributed by atoms with Gasteiger partial charge in [-0.25, -0.2) is 0 Å². The van der Waals surface area contributed by atoms with Crippen molar-refractivity contribution in [1.82, 2.24) is 0 Å². The second kappa shape index (κ2) is 6.02. The maximum absolute atomic E-state index is 11.7. The molecule has 0 aliphatic carbocycles. The number of hydrogen-bond donors (Lipinski definition) is 0. The molecule has 2 nitrogen and oxygen atoms in total.